The first-order valence-electron chi connectivity index (χ1n) is 6.32. The lowest BCUT2D eigenvalue weighted by Gasteiger charge is -2.39. The Morgan fingerprint density at radius 1 is 1.31 bits per heavy atom. The minimum atomic E-state index is 0.241. The minimum Gasteiger partial charge on any atom is -0.126 e. The number of hydrogen-bond acceptors (Lipinski definition) is 0. The Bertz CT molecular complexity index is 356. The third-order valence-electron chi connectivity index (χ3n) is 3.74. The summed E-state index contributed by atoms with van der Waals surface area (Å²) in [5, 5.41) is 0. The summed E-state index contributed by atoms with van der Waals surface area (Å²) in [6, 6.07) is 8.87. The summed E-state index contributed by atoms with van der Waals surface area (Å²) in [6.07, 6.45) is 4.99. The smallest absolute Gasteiger partial charge is 0.0320 e. The SMILES string of the molecule is CC(C)CC1(CCl)CCCc2ccccc21. The van der Waals surface area contributed by atoms with Gasteiger partial charge in [0.05, 0.1) is 0 Å². The first kappa shape index (κ1) is 12.0. The van der Waals surface area contributed by atoms with E-state index in [0.29, 0.717) is 5.92 Å². The van der Waals surface area contributed by atoms with Gasteiger partial charge in [0, 0.05) is 11.3 Å². The second-order valence-corrected chi connectivity index (χ2v) is 5.79. The van der Waals surface area contributed by atoms with Crippen LogP contribution in [0.3, 0.4) is 0 Å². The van der Waals surface area contributed by atoms with E-state index in [1.807, 2.05) is 0 Å². The molecule has 1 unspecified atom stereocenters. The third-order valence-corrected chi connectivity index (χ3v) is 4.26. The summed E-state index contributed by atoms with van der Waals surface area (Å²) < 4.78 is 0. The molecular weight excluding hydrogens is 216 g/mol. The van der Waals surface area contributed by atoms with Gasteiger partial charge >= 0.3 is 0 Å². The van der Waals surface area contributed by atoms with Gasteiger partial charge in [-0.1, -0.05) is 38.1 Å². The lowest BCUT2D eigenvalue weighted by molar-refractivity contribution is 0.325. The molecule has 0 N–H and O–H groups in total. The molecule has 1 aliphatic rings. The number of benzene rings is 1. The first-order valence-corrected chi connectivity index (χ1v) is 6.86. The average molecular weight is 237 g/mol. The van der Waals surface area contributed by atoms with E-state index < -0.39 is 0 Å². The van der Waals surface area contributed by atoms with Crippen LogP contribution in [0, 0.1) is 5.92 Å². The van der Waals surface area contributed by atoms with Crippen molar-refractivity contribution in [1.82, 2.24) is 0 Å². The summed E-state index contributed by atoms with van der Waals surface area (Å²) in [4.78, 5) is 0. The van der Waals surface area contributed by atoms with Gasteiger partial charge in [-0.25, -0.2) is 0 Å². The third kappa shape index (κ3) is 2.13. The molecule has 0 amide bonds. The predicted octanol–water partition coefficient (Wildman–Crippen LogP) is 4.55. The molecule has 1 aromatic carbocycles. The number of rotatable bonds is 3. The molecule has 2 rings (SSSR count). The highest BCUT2D eigenvalue weighted by atomic mass is 35.5. The van der Waals surface area contributed by atoms with Crippen molar-refractivity contribution in [3.05, 3.63) is 35.4 Å². The molecule has 0 aromatic heterocycles. The van der Waals surface area contributed by atoms with Crippen LogP contribution in [0.25, 0.3) is 0 Å². The maximum atomic E-state index is 6.31. The number of halogens is 1. The van der Waals surface area contributed by atoms with Crippen molar-refractivity contribution in [1.29, 1.82) is 0 Å². The van der Waals surface area contributed by atoms with Gasteiger partial charge in [-0.05, 0) is 42.7 Å². The Morgan fingerprint density at radius 3 is 2.75 bits per heavy atom. The molecule has 0 spiro atoms. The van der Waals surface area contributed by atoms with Crippen LogP contribution in [-0.2, 0) is 11.8 Å². The summed E-state index contributed by atoms with van der Waals surface area (Å²) >= 11 is 6.31. The van der Waals surface area contributed by atoms with E-state index in [1.54, 1.807) is 0 Å². The van der Waals surface area contributed by atoms with Gasteiger partial charge in [0.2, 0.25) is 0 Å². The summed E-state index contributed by atoms with van der Waals surface area (Å²) in [7, 11) is 0. The number of hydrogen-bond donors (Lipinski definition) is 0. The van der Waals surface area contributed by atoms with E-state index >= 15 is 0 Å². The average Bonchev–Trinajstić information content (AvgIpc) is 2.29. The van der Waals surface area contributed by atoms with E-state index in [-0.39, 0.29) is 5.41 Å². The first-order chi connectivity index (χ1) is 7.68. The van der Waals surface area contributed by atoms with Crippen molar-refractivity contribution < 1.29 is 0 Å². The van der Waals surface area contributed by atoms with E-state index in [0.717, 1.165) is 5.88 Å². The molecule has 0 aliphatic heterocycles. The summed E-state index contributed by atoms with van der Waals surface area (Å²) in [5.41, 5.74) is 3.28. The molecule has 0 saturated carbocycles. The largest absolute Gasteiger partial charge is 0.126 e. The zero-order valence-corrected chi connectivity index (χ0v) is 11.1. The maximum Gasteiger partial charge on any atom is 0.0320 e. The Labute approximate surface area is 104 Å². The highest BCUT2D eigenvalue weighted by molar-refractivity contribution is 6.18. The molecule has 0 bridgehead atoms. The Balaban J connectivity index is 2.40. The monoisotopic (exact) mass is 236 g/mol. The van der Waals surface area contributed by atoms with Crippen LogP contribution >= 0.6 is 11.6 Å². The van der Waals surface area contributed by atoms with Crippen molar-refractivity contribution in [3.63, 3.8) is 0 Å². The molecule has 0 nitrogen and oxygen atoms in total. The van der Waals surface area contributed by atoms with Gasteiger partial charge in [-0.3, -0.25) is 0 Å². The minimum absolute atomic E-state index is 0.241. The fourth-order valence-corrected chi connectivity index (χ4v) is 3.58. The van der Waals surface area contributed by atoms with Gasteiger partial charge in [0.15, 0.2) is 0 Å². The molecule has 16 heavy (non-hydrogen) atoms. The van der Waals surface area contributed by atoms with Crippen LogP contribution in [0.2, 0.25) is 0 Å². The van der Waals surface area contributed by atoms with Crippen molar-refractivity contribution >= 4 is 11.6 Å². The number of fused-ring (bicyclic) bond motifs is 1. The van der Waals surface area contributed by atoms with Crippen LogP contribution in [-0.4, -0.2) is 5.88 Å². The van der Waals surface area contributed by atoms with Gasteiger partial charge in [0.25, 0.3) is 0 Å². The summed E-state index contributed by atoms with van der Waals surface area (Å²) in [6.45, 7) is 4.59. The molecule has 1 heteroatoms. The van der Waals surface area contributed by atoms with Gasteiger partial charge < -0.3 is 0 Å². The predicted molar refractivity (Wildman–Crippen MR) is 71.2 cm³/mol. The van der Waals surface area contributed by atoms with Gasteiger partial charge in [-0.2, -0.15) is 0 Å². The Hall–Kier alpha value is -0.490. The number of alkyl halides is 1. The quantitative estimate of drug-likeness (QED) is 0.676. The molecule has 0 heterocycles. The molecule has 88 valence electrons. The standard InChI is InChI=1S/C15H21Cl/c1-12(2)10-15(11-16)9-5-7-13-6-3-4-8-14(13)15/h3-4,6,8,12H,5,7,9-11H2,1-2H3. The van der Waals surface area contributed by atoms with Crippen LogP contribution in [0.15, 0.2) is 24.3 Å². The Kier molecular flexibility index (Phi) is 3.59. The normalized spacial score (nSPS) is 24.5. The molecule has 0 fully saturated rings. The number of aryl methyl sites for hydroxylation is 1. The maximum absolute atomic E-state index is 6.31. The Morgan fingerprint density at radius 2 is 2.06 bits per heavy atom. The van der Waals surface area contributed by atoms with E-state index in [1.165, 1.54) is 36.8 Å². The van der Waals surface area contributed by atoms with Crippen molar-refractivity contribution in [2.75, 3.05) is 5.88 Å². The van der Waals surface area contributed by atoms with Gasteiger partial charge in [-0.15, -0.1) is 11.6 Å². The topological polar surface area (TPSA) is 0 Å². The van der Waals surface area contributed by atoms with Crippen LogP contribution < -0.4 is 0 Å². The van der Waals surface area contributed by atoms with E-state index in [2.05, 4.69) is 38.1 Å². The molecule has 1 aliphatic carbocycles. The fourth-order valence-electron chi connectivity index (χ4n) is 3.19. The molecule has 0 saturated heterocycles. The highest BCUT2D eigenvalue weighted by Crippen LogP contribution is 2.42. The second kappa shape index (κ2) is 4.79. The van der Waals surface area contributed by atoms with Crippen molar-refractivity contribution in [3.8, 4) is 0 Å². The van der Waals surface area contributed by atoms with Crippen molar-refractivity contribution in [2.24, 2.45) is 5.92 Å². The fraction of sp³-hybridized carbons (Fsp3) is 0.600. The van der Waals surface area contributed by atoms with Gasteiger partial charge in [0.1, 0.15) is 0 Å². The lowest BCUT2D eigenvalue weighted by Crippen LogP contribution is -2.34. The molecule has 0 radical (unpaired) electrons. The van der Waals surface area contributed by atoms with E-state index in [4.69, 9.17) is 11.6 Å². The van der Waals surface area contributed by atoms with Crippen molar-refractivity contribution in [2.45, 2.75) is 44.9 Å². The molecule has 1 aromatic rings. The zero-order chi connectivity index (χ0) is 11.6. The van der Waals surface area contributed by atoms with Crippen LogP contribution in [0.4, 0.5) is 0 Å². The summed E-state index contributed by atoms with van der Waals surface area (Å²) in [5.74, 6) is 1.48. The van der Waals surface area contributed by atoms with Crippen LogP contribution in [0.1, 0.15) is 44.2 Å². The molecular formula is C15H21Cl. The second-order valence-electron chi connectivity index (χ2n) is 5.52. The molecule has 1 atom stereocenters. The highest BCUT2D eigenvalue weighted by Gasteiger charge is 2.35. The van der Waals surface area contributed by atoms with Crippen LogP contribution in [0.5, 0.6) is 0 Å². The lowest BCUT2D eigenvalue weighted by atomic mass is 9.67. The van der Waals surface area contributed by atoms with E-state index in [9.17, 15) is 0 Å². The zero-order valence-electron chi connectivity index (χ0n) is 10.3.